The molecule has 0 fully saturated rings. The van der Waals surface area contributed by atoms with Crippen LogP contribution in [0.2, 0.25) is 0 Å². The minimum atomic E-state index is 0.112. The molecule has 4 nitrogen and oxygen atoms in total. The second kappa shape index (κ2) is 4.08. The van der Waals surface area contributed by atoms with Crippen molar-refractivity contribution in [3.8, 4) is 11.5 Å². The Bertz CT molecular complexity index is 366. The fourth-order valence-electron chi connectivity index (χ4n) is 1.76. The van der Waals surface area contributed by atoms with Crippen molar-refractivity contribution in [2.24, 2.45) is 5.84 Å². The lowest BCUT2D eigenvalue weighted by Gasteiger charge is -2.22. The van der Waals surface area contributed by atoms with Crippen LogP contribution in [0.15, 0.2) is 12.1 Å². The number of hydrazine groups is 1. The van der Waals surface area contributed by atoms with Crippen molar-refractivity contribution in [1.29, 1.82) is 0 Å². The molecular formula is C11H16N2O2. The fourth-order valence-corrected chi connectivity index (χ4v) is 1.76. The molecule has 1 aromatic carbocycles. The van der Waals surface area contributed by atoms with E-state index in [1.54, 1.807) is 0 Å². The molecule has 4 heteroatoms. The Hall–Kier alpha value is -1.26. The van der Waals surface area contributed by atoms with Crippen LogP contribution < -0.4 is 20.7 Å². The molecule has 1 aromatic rings. The lowest BCUT2D eigenvalue weighted by molar-refractivity contribution is 0.171. The average Bonchev–Trinajstić information content (AvgIpc) is 2.27. The quantitative estimate of drug-likeness (QED) is 0.568. The molecule has 82 valence electrons. The Labute approximate surface area is 89.3 Å². The number of nitrogens with two attached hydrogens (primary N) is 1. The third kappa shape index (κ3) is 1.91. The van der Waals surface area contributed by atoms with Crippen LogP contribution in [0.25, 0.3) is 0 Å². The maximum atomic E-state index is 5.52. The minimum absolute atomic E-state index is 0.112. The van der Waals surface area contributed by atoms with E-state index in [1.165, 1.54) is 0 Å². The minimum Gasteiger partial charge on any atom is -0.486 e. The molecule has 15 heavy (non-hydrogen) atoms. The molecule has 0 aromatic heterocycles. The Balaban J connectivity index is 2.40. The Morgan fingerprint density at radius 1 is 1.27 bits per heavy atom. The van der Waals surface area contributed by atoms with Gasteiger partial charge in [0.25, 0.3) is 0 Å². The van der Waals surface area contributed by atoms with Gasteiger partial charge in [-0.2, -0.15) is 0 Å². The highest BCUT2D eigenvalue weighted by Gasteiger charge is 2.16. The normalized spacial score (nSPS) is 16.2. The first kappa shape index (κ1) is 10.3. The van der Waals surface area contributed by atoms with Crippen molar-refractivity contribution >= 4 is 0 Å². The van der Waals surface area contributed by atoms with Crippen molar-refractivity contribution in [3.63, 3.8) is 0 Å². The summed E-state index contributed by atoms with van der Waals surface area (Å²) in [4.78, 5) is 0. The van der Waals surface area contributed by atoms with Gasteiger partial charge in [-0.25, -0.2) is 0 Å². The first-order valence-electron chi connectivity index (χ1n) is 5.08. The molecule has 1 aliphatic rings. The number of ether oxygens (including phenoxy) is 2. The van der Waals surface area contributed by atoms with Crippen LogP contribution in [-0.2, 0) is 0 Å². The smallest absolute Gasteiger partial charge is 0.161 e. The molecule has 1 unspecified atom stereocenters. The van der Waals surface area contributed by atoms with Crippen molar-refractivity contribution in [2.75, 3.05) is 13.2 Å². The van der Waals surface area contributed by atoms with Gasteiger partial charge in [-0.3, -0.25) is 11.3 Å². The molecule has 0 aliphatic carbocycles. The summed E-state index contributed by atoms with van der Waals surface area (Å²) < 4.78 is 11.0. The van der Waals surface area contributed by atoms with E-state index in [4.69, 9.17) is 15.3 Å². The number of fused-ring (bicyclic) bond motifs is 1. The van der Waals surface area contributed by atoms with Gasteiger partial charge in [0.1, 0.15) is 13.2 Å². The Morgan fingerprint density at radius 2 is 1.87 bits per heavy atom. The largest absolute Gasteiger partial charge is 0.486 e. The van der Waals surface area contributed by atoms with Gasteiger partial charge < -0.3 is 9.47 Å². The average molecular weight is 208 g/mol. The molecule has 3 N–H and O–H groups in total. The van der Waals surface area contributed by atoms with E-state index in [0.29, 0.717) is 13.2 Å². The molecule has 0 saturated heterocycles. The van der Waals surface area contributed by atoms with Crippen molar-refractivity contribution in [2.45, 2.75) is 19.9 Å². The molecule has 1 atom stereocenters. The number of aryl methyl sites for hydroxylation is 1. The van der Waals surface area contributed by atoms with Gasteiger partial charge in [0.2, 0.25) is 0 Å². The lowest BCUT2D eigenvalue weighted by Crippen LogP contribution is -2.26. The van der Waals surface area contributed by atoms with Gasteiger partial charge in [0.05, 0.1) is 0 Å². The van der Waals surface area contributed by atoms with Gasteiger partial charge in [0.15, 0.2) is 11.5 Å². The SMILES string of the molecule is Cc1cc2c(cc1C(C)NN)OCCO2. The van der Waals surface area contributed by atoms with Gasteiger partial charge in [0, 0.05) is 6.04 Å². The number of rotatable bonds is 2. The fraction of sp³-hybridized carbons (Fsp3) is 0.455. The topological polar surface area (TPSA) is 56.5 Å². The van der Waals surface area contributed by atoms with E-state index >= 15 is 0 Å². The Morgan fingerprint density at radius 3 is 2.47 bits per heavy atom. The summed E-state index contributed by atoms with van der Waals surface area (Å²) in [5.41, 5.74) is 5.03. The van der Waals surface area contributed by atoms with E-state index in [0.717, 1.165) is 22.6 Å². The highest BCUT2D eigenvalue weighted by molar-refractivity contribution is 5.48. The van der Waals surface area contributed by atoms with Gasteiger partial charge in [-0.15, -0.1) is 0 Å². The zero-order valence-electron chi connectivity index (χ0n) is 9.04. The standard InChI is InChI=1S/C11H16N2O2/c1-7-5-10-11(15-4-3-14-10)6-9(7)8(2)13-12/h5-6,8,13H,3-4,12H2,1-2H3. The van der Waals surface area contributed by atoms with Crippen LogP contribution >= 0.6 is 0 Å². The third-order valence-corrected chi connectivity index (χ3v) is 2.65. The summed E-state index contributed by atoms with van der Waals surface area (Å²) in [6.45, 7) is 5.29. The van der Waals surface area contributed by atoms with Crippen LogP contribution in [0.3, 0.4) is 0 Å². The second-order valence-corrected chi connectivity index (χ2v) is 3.74. The third-order valence-electron chi connectivity index (χ3n) is 2.65. The molecule has 1 heterocycles. The van der Waals surface area contributed by atoms with Crippen LogP contribution in [0.4, 0.5) is 0 Å². The predicted molar refractivity (Wildman–Crippen MR) is 57.9 cm³/mol. The van der Waals surface area contributed by atoms with Crippen LogP contribution in [0.1, 0.15) is 24.1 Å². The monoisotopic (exact) mass is 208 g/mol. The van der Waals surface area contributed by atoms with E-state index in [2.05, 4.69) is 5.43 Å². The highest BCUT2D eigenvalue weighted by Crippen LogP contribution is 2.34. The van der Waals surface area contributed by atoms with E-state index < -0.39 is 0 Å². The molecule has 0 amide bonds. The summed E-state index contributed by atoms with van der Waals surface area (Å²) in [6, 6.07) is 4.10. The molecule has 0 saturated carbocycles. The van der Waals surface area contributed by atoms with Gasteiger partial charge in [-0.1, -0.05) is 0 Å². The summed E-state index contributed by atoms with van der Waals surface area (Å²) in [7, 11) is 0. The first-order valence-corrected chi connectivity index (χ1v) is 5.08. The van der Waals surface area contributed by atoms with Crippen molar-refractivity contribution in [1.82, 2.24) is 5.43 Å². The van der Waals surface area contributed by atoms with E-state index in [9.17, 15) is 0 Å². The predicted octanol–water partition coefficient (Wildman–Crippen LogP) is 1.29. The van der Waals surface area contributed by atoms with Gasteiger partial charge in [-0.05, 0) is 37.1 Å². The number of hydrogen-bond acceptors (Lipinski definition) is 4. The maximum Gasteiger partial charge on any atom is 0.161 e. The van der Waals surface area contributed by atoms with Crippen molar-refractivity contribution < 1.29 is 9.47 Å². The van der Waals surface area contributed by atoms with Crippen LogP contribution in [-0.4, -0.2) is 13.2 Å². The molecular weight excluding hydrogens is 192 g/mol. The number of nitrogens with one attached hydrogen (secondary N) is 1. The maximum absolute atomic E-state index is 5.52. The molecule has 1 aliphatic heterocycles. The summed E-state index contributed by atoms with van der Waals surface area (Å²) in [5.74, 6) is 7.06. The zero-order chi connectivity index (χ0) is 10.8. The summed E-state index contributed by atoms with van der Waals surface area (Å²) in [6.07, 6.45) is 0. The first-order chi connectivity index (χ1) is 7.22. The zero-order valence-corrected chi connectivity index (χ0v) is 9.04. The molecule has 0 spiro atoms. The van der Waals surface area contributed by atoms with E-state index in [-0.39, 0.29) is 6.04 Å². The highest BCUT2D eigenvalue weighted by atomic mass is 16.6. The lowest BCUT2D eigenvalue weighted by atomic mass is 10.0. The molecule has 0 bridgehead atoms. The Kier molecular flexibility index (Phi) is 2.79. The van der Waals surface area contributed by atoms with E-state index in [1.807, 2.05) is 26.0 Å². The van der Waals surface area contributed by atoms with Crippen LogP contribution in [0.5, 0.6) is 11.5 Å². The number of hydrogen-bond donors (Lipinski definition) is 2. The summed E-state index contributed by atoms with van der Waals surface area (Å²) in [5, 5.41) is 0. The molecule has 2 rings (SSSR count). The second-order valence-electron chi connectivity index (χ2n) is 3.74. The van der Waals surface area contributed by atoms with Crippen molar-refractivity contribution in [3.05, 3.63) is 23.3 Å². The van der Waals surface area contributed by atoms with Crippen LogP contribution in [0, 0.1) is 6.92 Å². The van der Waals surface area contributed by atoms with Gasteiger partial charge >= 0.3 is 0 Å². The summed E-state index contributed by atoms with van der Waals surface area (Å²) >= 11 is 0. The number of benzene rings is 1. The molecule has 0 radical (unpaired) electrons.